The van der Waals surface area contributed by atoms with Crippen LogP contribution in [0.15, 0.2) is 58.6 Å². The van der Waals surface area contributed by atoms with Crippen LogP contribution < -0.4 is 0 Å². The van der Waals surface area contributed by atoms with Crippen LogP contribution in [-0.2, 0) is 0 Å². The Morgan fingerprint density at radius 1 is 0.933 bits per heavy atom. The summed E-state index contributed by atoms with van der Waals surface area (Å²) in [6.07, 6.45) is 1.78. The van der Waals surface area contributed by atoms with Gasteiger partial charge in [0.2, 0.25) is 0 Å². The van der Waals surface area contributed by atoms with Crippen LogP contribution >= 0.6 is 21.6 Å². The number of nitrogens with zero attached hydrogens (tertiary/aromatic N) is 1. The average Bonchev–Trinajstić information content (AvgIpc) is 2.30. The second-order valence-corrected chi connectivity index (χ2v) is 5.05. The molecule has 0 atom stereocenters. The van der Waals surface area contributed by atoms with Crippen LogP contribution in [0.3, 0.4) is 0 Å². The summed E-state index contributed by atoms with van der Waals surface area (Å²) in [7, 11) is 3.23. The van der Waals surface area contributed by atoms with Crippen molar-refractivity contribution in [1.82, 2.24) is 4.98 Å². The van der Waals surface area contributed by atoms with E-state index in [9.17, 15) is 0 Å². The molecule has 4 heteroatoms. The molecule has 15 heavy (non-hydrogen) atoms. The Hall–Kier alpha value is -1.13. The fourth-order valence-electron chi connectivity index (χ4n) is 0.989. The zero-order valence-corrected chi connectivity index (χ0v) is 9.46. The van der Waals surface area contributed by atoms with Crippen molar-refractivity contribution in [2.75, 3.05) is 0 Å². The van der Waals surface area contributed by atoms with E-state index in [0.717, 1.165) is 9.92 Å². The Kier molecular flexibility index (Phi) is 3.53. The number of hydrogen-bond acceptors (Lipinski definition) is 4. The predicted molar refractivity (Wildman–Crippen MR) is 64.1 cm³/mol. The van der Waals surface area contributed by atoms with Crippen LogP contribution in [0.5, 0.6) is 5.75 Å². The minimum Gasteiger partial charge on any atom is -0.508 e. The standard InChI is InChI=1S/C11H9NOS2/c13-9-4-6-10(7-5-9)14-15-11-3-1-2-8-12-11/h1-8,13H. The third kappa shape index (κ3) is 3.18. The maximum absolute atomic E-state index is 9.11. The molecule has 2 rings (SSSR count). The Bertz CT molecular complexity index is 416. The van der Waals surface area contributed by atoms with Crippen molar-refractivity contribution in [2.24, 2.45) is 0 Å². The van der Waals surface area contributed by atoms with E-state index in [1.807, 2.05) is 30.3 Å². The molecule has 76 valence electrons. The summed E-state index contributed by atoms with van der Waals surface area (Å²) < 4.78 is 0. The number of benzene rings is 1. The summed E-state index contributed by atoms with van der Waals surface area (Å²) in [4.78, 5) is 5.30. The van der Waals surface area contributed by atoms with E-state index in [-0.39, 0.29) is 0 Å². The van der Waals surface area contributed by atoms with Gasteiger partial charge in [-0.1, -0.05) is 16.9 Å². The van der Waals surface area contributed by atoms with E-state index in [0.29, 0.717) is 5.75 Å². The lowest BCUT2D eigenvalue weighted by atomic mass is 10.3. The first-order valence-corrected chi connectivity index (χ1v) is 6.54. The molecule has 0 unspecified atom stereocenters. The summed E-state index contributed by atoms with van der Waals surface area (Å²) in [5, 5.41) is 10.1. The number of phenolic OH excluding ortho intramolecular Hbond substituents is 1. The zero-order valence-electron chi connectivity index (χ0n) is 7.83. The van der Waals surface area contributed by atoms with Crippen molar-refractivity contribution in [1.29, 1.82) is 0 Å². The second kappa shape index (κ2) is 5.09. The first kappa shape index (κ1) is 10.4. The Morgan fingerprint density at radius 3 is 2.40 bits per heavy atom. The van der Waals surface area contributed by atoms with E-state index in [1.165, 1.54) is 0 Å². The maximum Gasteiger partial charge on any atom is 0.115 e. The van der Waals surface area contributed by atoms with E-state index in [4.69, 9.17) is 5.11 Å². The van der Waals surface area contributed by atoms with E-state index < -0.39 is 0 Å². The van der Waals surface area contributed by atoms with Gasteiger partial charge in [0.1, 0.15) is 10.8 Å². The molecule has 0 amide bonds. The van der Waals surface area contributed by atoms with Crippen molar-refractivity contribution in [2.45, 2.75) is 9.92 Å². The molecule has 1 N–H and O–H groups in total. The summed E-state index contributed by atoms with van der Waals surface area (Å²) in [5.74, 6) is 0.294. The zero-order chi connectivity index (χ0) is 10.5. The molecule has 2 nitrogen and oxygen atoms in total. The number of aromatic nitrogens is 1. The maximum atomic E-state index is 9.11. The molecule has 1 aromatic heterocycles. The first-order valence-electron chi connectivity index (χ1n) is 4.39. The van der Waals surface area contributed by atoms with Crippen LogP contribution in [-0.4, -0.2) is 10.1 Å². The van der Waals surface area contributed by atoms with Gasteiger partial charge in [0.25, 0.3) is 0 Å². The highest BCUT2D eigenvalue weighted by Gasteiger charge is 1.97. The van der Waals surface area contributed by atoms with E-state index in [2.05, 4.69) is 4.98 Å². The van der Waals surface area contributed by atoms with Gasteiger partial charge < -0.3 is 5.11 Å². The number of rotatable bonds is 3. The molecular formula is C11H9NOS2. The van der Waals surface area contributed by atoms with Crippen molar-refractivity contribution in [3.8, 4) is 5.75 Å². The molecule has 0 fully saturated rings. The molecule has 0 spiro atoms. The van der Waals surface area contributed by atoms with Crippen molar-refractivity contribution < 1.29 is 5.11 Å². The quantitative estimate of drug-likeness (QED) is 0.824. The van der Waals surface area contributed by atoms with Gasteiger partial charge in [-0.25, -0.2) is 4.98 Å². The third-order valence-corrected chi connectivity index (χ3v) is 4.00. The molecule has 1 heterocycles. The summed E-state index contributed by atoms with van der Waals surface area (Å²) in [6, 6.07) is 13.0. The minimum absolute atomic E-state index is 0.294. The number of phenols is 1. The van der Waals surface area contributed by atoms with Gasteiger partial charge in [0.05, 0.1) is 0 Å². The van der Waals surface area contributed by atoms with Crippen molar-refractivity contribution in [3.63, 3.8) is 0 Å². The molecule has 0 aliphatic rings. The van der Waals surface area contributed by atoms with Crippen LogP contribution in [0.25, 0.3) is 0 Å². The fraction of sp³-hybridized carbons (Fsp3) is 0. The molecule has 0 aliphatic heterocycles. The van der Waals surface area contributed by atoms with Crippen molar-refractivity contribution in [3.05, 3.63) is 48.7 Å². The molecule has 1 aromatic carbocycles. The summed E-state index contributed by atoms with van der Waals surface area (Å²) in [5.41, 5.74) is 0. The molecule has 0 aliphatic carbocycles. The lowest BCUT2D eigenvalue weighted by Crippen LogP contribution is -1.73. The highest BCUT2D eigenvalue weighted by molar-refractivity contribution is 8.76. The smallest absolute Gasteiger partial charge is 0.115 e. The van der Waals surface area contributed by atoms with E-state index in [1.54, 1.807) is 39.9 Å². The van der Waals surface area contributed by atoms with Crippen LogP contribution in [0, 0.1) is 0 Å². The van der Waals surface area contributed by atoms with Gasteiger partial charge in [0, 0.05) is 11.1 Å². The highest BCUT2D eigenvalue weighted by atomic mass is 33.1. The van der Waals surface area contributed by atoms with Gasteiger partial charge in [-0.05, 0) is 47.2 Å². The topological polar surface area (TPSA) is 33.1 Å². The lowest BCUT2D eigenvalue weighted by Gasteiger charge is -1.99. The molecule has 0 radical (unpaired) electrons. The van der Waals surface area contributed by atoms with Gasteiger partial charge in [-0.3, -0.25) is 0 Å². The van der Waals surface area contributed by atoms with Crippen LogP contribution in [0.2, 0.25) is 0 Å². The van der Waals surface area contributed by atoms with Crippen LogP contribution in [0.1, 0.15) is 0 Å². The molecule has 0 bridgehead atoms. The molecular weight excluding hydrogens is 226 g/mol. The second-order valence-electron chi connectivity index (χ2n) is 2.83. The van der Waals surface area contributed by atoms with Gasteiger partial charge in [-0.15, -0.1) is 0 Å². The molecule has 0 saturated carbocycles. The fourth-order valence-corrected chi connectivity index (χ4v) is 2.83. The normalized spacial score (nSPS) is 10.1. The third-order valence-electron chi connectivity index (χ3n) is 1.70. The van der Waals surface area contributed by atoms with Gasteiger partial charge >= 0.3 is 0 Å². The predicted octanol–water partition coefficient (Wildman–Crippen LogP) is 3.59. The Morgan fingerprint density at radius 2 is 1.73 bits per heavy atom. The largest absolute Gasteiger partial charge is 0.508 e. The Labute approximate surface area is 96.1 Å². The highest BCUT2D eigenvalue weighted by Crippen LogP contribution is 2.36. The first-order chi connectivity index (χ1) is 7.34. The SMILES string of the molecule is Oc1ccc(SSc2ccccn2)cc1. The lowest BCUT2D eigenvalue weighted by molar-refractivity contribution is 0.475. The summed E-state index contributed by atoms with van der Waals surface area (Å²) in [6.45, 7) is 0. The summed E-state index contributed by atoms with van der Waals surface area (Å²) >= 11 is 0. The molecule has 2 aromatic rings. The van der Waals surface area contributed by atoms with Gasteiger partial charge in [0.15, 0.2) is 0 Å². The number of aromatic hydroxyl groups is 1. The number of hydrogen-bond donors (Lipinski definition) is 1. The van der Waals surface area contributed by atoms with Crippen molar-refractivity contribution >= 4 is 21.6 Å². The van der Waals surface area contributed by atoms with Crippen LogP contribution in [0.4, 0.5) is 0 Å². The average molecular weight is 235 g/mol. The minimum atomic E-state index is 0.294. The monoisotopic (exact) mass is 235 g/mol. The van der Waals surface area contributed by atoms with E-state index >= 15 is 0 Å². The van der Waals surface area contributed by atoms with Gasteiger partial charge in [-0.2, -0.15) is 0 Å². The number of pyridine rings is 1. The molecule has 0 saturated heterocycles. The Balaban J connectivity index is 1.96.